The fourth-order valence-electron chi connectivity index (χ4n) is 2.30. The molecular formula is C15H15N5O. The van der Waals surface area contributed by atoms with Gasteiger partial charge in [0.15, 0.2) is 5.82 Å². The van der Waals surface area contributed by atoms with Gasteiger partial charge in [-0.3, -0.25) is 14.5 Å². The standard InChI is InChI=1S/C15H15N5O/c1-9-13(16)14(20(2)19-9)18-15(21)11-5-3-7-12-10(11)6-4-8-17-12/h3-8H,16H2,1-2H3,(H,18,21). The Morgan fingerprint density at radius 1 is 1.29 bits per heavy atom. The highest BCUT2D eigenvalue weighted by molar-refractivity contribution is 6.12. The summed E-state index contributed by atoms with van der Waals surface area (Å²) >= 11 is 0. The quantitative estimate of drug-likeness (QED) is 0.753. The normalized spacial score (nSPS) is 10.8. The minimum Gasteiger partial charge on any atom is -0.394 e. The highest BCUT2D eigenvalue weighted by atomic mass is 16.1. The molecule has 0 aliphatic rings. The summed E-state index contributed by atoms with van der Waals surface area (Å²) in [5.74, 6) is 0.265. The average Bonchev–Trinajstić information content (AvgIpc) is 2.73. The minimum atomic E-state index is -0.233. The van der Waals surface area contributed by atoms with Gasteiger partial charge in [0.2, 0.25) is 0 Å². The van der Waals surface area contributed by atoms with Gasteiger partial charge in [0.05, 0.1) is 16.9 Å². The molecule has 21 heavy (non-hydrogen) atoms. The van der Waals surface area contributed by atoms with Gasteiger partial charge in [-0.15, -0.1) is 0 Å². The van der Waals surface area contributed by atoms with Crippen molar-refractivity contribution >= 4 is 28.3 Å². The first-order chi connectivity index (χ1) is 10.1. The summed E-state index contributed by atoms with van der Waals surface area (Å²) in [6.45, 7) is 1.80. The molecule has 0 spiro atoms. The van der Waals surface area contributed by atoms with Gasteiger partial charge in [-0.05, 0) is 25.1 Å². The van der Waals surface area contributed by atoms with Crippen LogP contribution in [0.3, 0.4) is 0 Å². The fourth-order valence-corrected chi connectivity index (χ4v) is 2.30. The molecule has 6 heteroatoms. The van der Waals surface area contributed by atoms with Crippen LogP contribution in [0.5, 0.6) is 0 Å². The summed E-state index contributed by atoms with van der Waals surface area (Å²) in [6.07, 6.45) is 1.70. The molecule has 3 aromatic rings. The van der Waals surface area contributed by atoms with E-state index in [0.717, 1.165) is 10.9 Å². The highest BCUT2D eigenvalue weighted by Gasteiger charge is 2.16. The number of hydrogen-bond acceptors (Lipinski definition) is 4. The molecule has 106 valence electrons. The second-order valence-corrected chi connectivity index (χ2v) is 4.80. The van der Waals surface area contributed by atoms with Crippen LogP contribution in [0.4, 0.5) is 11.5 Å². The molecule has 1 aromatic carbocycles. The number of carbonyl (C=O) groups excluding carboxylic acids is 1. The van der Waals surface area contributed by atoms with Crippen molar-refractivity contribution in [1.29, 1.82) is 0 Å². The molecule has 6 nitrogen and oxygen atoms in total. The van der Waals surface area contributed by atoms with Crippen molar-refractivity contribution in [3.8, 4) is 0 Å². The zero-order valence-electron chi connectivity index (χ0n) is 11.8. The molecule has 0 saturated heterocycles. The van der Waals surface area contributed by atoms with Gasteiger partial charge in [0.1, 0.15) is 0 Å². The Hall–Kier alpha value is -2.89. The Morgan fingerprint density at radius 2 is 2.10 bits per heavy atom. The van der Waals surface area contributed by atoms with E-state index in [9.17, 15) is 4.79 Å². The van der Waals surface area contributed by atoms with Crippen molar-refractivity contribution in [3.05, 3.63) is 47.8 Å². The van der Waals surface area contributed by atoms with Crippen LogP contribution in [0.15, 0.2) is 36.5 Å². The Balaban J connectivity index is 2.02. The summed E-state index contributed by atoms with van der Waals surface area (Å²) in [6, 6.07) is 9.12. The molecule has 0 unspecified atom stereocenters. The number of nitrogen functional groups attached to an aromatic ring is 1. The van der Waals surface area contributed by atoms with E-state index in [1.54, 1.807) is 30.9 Å². The first kappa shape index (κ1) is 13.1. The number of pyridine rings is 1. The van der Waals surface area contributed by atoms with Gasteiger partial charge in [0.25, 0.3) is 5.91 Å². The molecular weight excluding hydrogens is 266 g/mol. The summed E-state index contributed by atoms with van der Waals surface area (Å²) in [4.78, 5) is 16.8. The van der Waals surface area contributed by atoms with Crippen molar-refractivity contribution in [2.45, 2.75) is 6.92 Å². The van der Waals surface area contributed by atoms with Gasteiger partial charge >= 0.3 is 0 Å². The van der Waals surface area contributed by atoms with Gasteiger partial charge in [-0.25, -0.2) is 0 Å². The zero-order valence-corrected chi connectivity index (χ0v) is 11.8. The second kappa shape index (κ2) is 4.90. The van der Waals surface area contributed by atoms with Crippen molar-refractivity contribution < 1.29 is 4.79 Å². The van der Waals surface area contributed by atoms with E-state index in [1.807, 2.05) is 24.3 Å². The number of rotatable bonds is 2. The predicted molar refractivity (Wildman–Crippen MR) is 82.1 cm³/mol. The van der Waals surface area contributed by atoms with Crippen LogP contribution in [0, 0.1) is 6.92 Å². The summed E-state index contributed by atoms with van der Waals surface area (Å²) in [5, 5.41) is 7.80. The van der Waals surface area contributed by atoms with E-state index in [1.165, 1.54) is 0 Å². The van der Waals surface area contributed by atoms with Crippen LogP contribution in [0.25, 0.3) is 10.9 Å². The van der Waals surface area contributed by atoms with Gasteiger partial charge in [-0.2, -0.15) is 5.10 Å². The van der Waals surface area contributed by atoms with Crippen molar-refractivity contribution in [2.24, 2.45) is 7.05 Å². The molecule has 0 radical (unpaired) electrons. The fraction of sp³-hybridized carbons (Fsp3) is 0.133. The topological polar surface area (TPSA) is 85.8 Å². The Bertz CT molecular complexity index is 832. The third kappa shape index (κ3) is 2.20. The third-order valence-corrected chi connectivity index (χ3v) is 3.39. The van der Waals surface area contributed by atoms with Gasteiger partial charge in [-0.1, -0.05) is 12.1 Å². The molecule has 2 aromatic heterocycles. The van der Waals surface area contributed by atoms with Crippen molar-refractivity contribution in [3.63, 3.8) is 0 Å². The zero-order chi connectivity index (χ0) is 15.0. The number of nitrogens with one attached hydrogen (secondary N) is 1. The Kier molecular flexibility index (Phi) is 3.06. The van der Waals surface area contributed by atoms with Crippen LogP contribution < -0.4 is 11.1 Å². The SMILES string of the molecule is Cc1nn(C)c(NC(=O)c2cccc3ncccc23)c1N. The first-order valence-electron chi connectivity index (χ1n) is 6.52. The smallest absolute Gasteiger partial charge is 0.257 e. The van der Waals surface area contributed by atoms with E-state index in [0.29, 0.717) is 22.8 Å². The van der Waals surface area contributed by atoms with E-state index < -0.39 is 0 Å². The number of hydrogen-bond donors (Lipinski definition) is 2. The third-order valence-electron chi connectivity index (χ3n) is 3.39. The maximum absolute atomic E-state index is 12.5. The molecule has 3 rings (SSSR count). The number of fused-ring (bicyclic) bond motifs is 1. The number of nitrogens with two attached hydrogens (primary N) is 1. The summed E-state index contributed by atoms with van der Waals surface area (Å²) < 4.78 is 1.56. The number of benzene rings is 1. The number of aryl methyl sites for hydroxylation is 2. The van der Waals surface area contributed by atoms with Crippen LogP contribution >= 0.6 is 0 Å². The summed E-state index contributed by atoms with van der Waals surface area (Å²) in [7, 11) is 1.74. The van der Waals surface area contributed by atoms with E-state index in [4.69, 9.17) is 5.73 Å². The first-order valence-corrected chi connectivity index (χ1v) is 6.52. The summed E-state index contributed by atoms with van der Waals surface area (Å²) in [5.41, 5.74) is 8.43. The van der Waals surface area contributed by atoms with Crippen LogP contribution in [0.1, 0.15) is 16.1 Å². The lowest BCUT2D eigenvalue weighted by Crippen LogP contribution is -2.16. The number of anilines is 2. The molecule has 0 fully saturated rings. The molecule has 0 saturated carbocycles. The van der Waals surface area contributed by atoms with Crippen LogP contribution in [0.2, 0.25) is 0 Å². The molecule has 0 atom stereocenters. The number of aromatic nitrogens is 3. The Morgan fingerprint density at radius 3 is 2.81 bits per heavy atom. The van der Waals surface area contributed by atoms with Gasteiger partial charge < -0.3 is 11.1 Å². The molecule has 1 amide bonds. The van der Waals surface area contributed by atoms with E-state index in [2.05, 4.69) is 15.4 Å². The largest absolute Gasteiger partial charge is 0.394 e. The Labute approximate surface area is 121 Å². The molecule has 3 N–H and O–H groups in total. The van der Waals surface area contributed by atoms with Crippen LogP contribution in [-0.2, 0) is 7.05 Å². The van der Waals surface area contributed by atoms with Crippen LogP contribution in [-0.4, -0.2) is 20.7 Å². The molecule has 0 aliphatic carbocycles. The number of carbonyl (C=O) groups is 1. The number of nitrogens with zero attached hydrogens (tertiary/aromatic N) is 3. The molecule has 0 bridgehead atoms. The van der Waals surface area contributed by atoms with Crippen molar-refractivity contribution in [2.75, 3.05) is 11.1 Å². The van der Waals surface area contributed by atoms with Gasteiger partial charge in [0, 0.05) is 24.2 Å². The highest BCUT2D eigenvalue weighted by Crippen LogP contribution is 2.23. The minimum absolute atomic E-state index is 0.233. The van der Waals surface area contributed by atoms with E-state index >= 15 is 0 Å². The monoisotopic (exact) mass is 281 g/mol. The lowest BCUT2D eigenvalue weighted by molar-refractivity contribution is 0.102. The van der Waals surface area contributed by atoms with Crippen molar-refractivity contribution in [1.82, 2.24) is 14.8 Å². The maximum Gasteiger partial charge on any atom is 0.257 e. The van der Waals surface area contributed by atoms with E-state index in [-0.39, 0.29) is 5.91 Å². The maximum atomic E-state index is 12.5. The molecule has 2 heterocycles. The average molecular weight is 281 g/mol. The molecule has 0 aliphatic heterocycles. The predicted octanol–water partition coefficient (Wildman–Crippen LogP) is 2.11. The second-order valence-electron chi connectivity index (χ2n) is 4.80. The lowest BCUT2D eigenvalue weighted by Gasteiger charge is -2.08. The number of amides is 1. The lowest BCUT2D eigenvalue weighted by atomic mass is 10.1.